The Bertz CT molecular complexity index is 1080. The summed E-state index contributed by atoms with van der Waals surface area (Å²) >= 11 is 0. The molecule has 154 valence electrons. The summed E-state index contributed by atoms with van der Waals surface area (Å²) in [5, 5.41) is 16.3. The van der Waals surface area contributed by atoms with Gasteiger partial charge in [0.1, 0.15) is 6.04 Å². The van der Waals surface area contributed by atoms with Crippen molar-refractivity contribution in [3.05, 3.63) is 40.8 Å². The molecule has 1 atom stereocenters. The highest BCUT2D eigenvalue weighted by Gasteiger charge is 2.45. The van der Waals surface area contributed by atoms with Crippen LogP contribution in [0, 0.1) is 0 Å². The highest BCUT2D eigenvalue weighted by atomic mass is 16.4. The van der Waals surface area contributed by atoms with Gasteiger partial charge in [0.25, 0.3) is 11.8 Å². The Morgan fingerprint density at radius 1 is 1.13 bits per heavy atom. The lowest BCUT2D eigenvalue weighted by molar-refractivity contribution is -0.136. The molecule has 2 aromatic rings. The van der Waals surface area contributed by atoms with Gasteiger partial charge in [0.2, 0.25) is 17.7 Å². The van der Waals surface area contributed by atoms with Crippen LogP contribution in [0.2, 0.25) is 0 Å². The highest BCUT2D eigenvalue weighted by Crippen LogP contribution is 2.30. The lowest BCUT2D eigenvalue weighted by Gasteiger charge is -2.27. The molecule has 2 fully saturated rings. The molecule has 0 radical (unpaired) electrons. The van der Waals surface area contributed by atoms with Crippen LogP contribution >= 0.6 is 0 Å². The molecule has 2 saturated heterocycles. The molecule has 11 nitrogen and oxygen atoms in total. The van der Waals surface area contributed by atoms with Crippen molar-refractivity contribution >= 4 is 29.6 Å². The third-order valence-electron chi connectivity index (χ3n) is 5.56. The monoisotopic (exact) mass is 410 g/mol. The minimum Gasteiger partial charge on any atom is -0.408 e. The molecule has 0 aliphatic carbocycles. The third kappa shape index (κ3) is 2.94. The van der Waals surface area contributed by atoms with Crippen molar-refractivity contribution < 1.29 is 23.6 Å². The second kappa shape index (κ2) is 7.02. The van der Waals surface area contributed by atoms with E-state index in [4.69, 9.17) is 4.42 Å². The van der Waals surface area contributed by atoms with Crippen LogP contribution in [-0.2, 0) is 16.1 Å². The zero-order valence-corrected chi connectivity index (χ0v) is 15.8. The Hall–Kier alpha value is -3.60. The average molecular weight is 410 g/mol. The van der Waals surface area contributed by atoms with Gasteiger partial charge in [-0.1, -0.05) is 17.2 Å². The molecule has 3 aliphatic rings. The van der Waals surface area contributed by atoms with E-state index in [9.17, 15) is 19.2 Å². The van der Waals surface area contributed by atoms with Gasteiger partial charge in [-0.05, 0) is 18.1 Å². The van der Waals surface area contributed by atoms with Crippen LogP contribution in [0.5, 0.6) is 0 Å². The van der Waals surface area contributed by atoms with Crippen LogP contribution in [0.15, 0.2) is 22.6 Å². The number of anilines is 1. The van der Waals surface area contributed by atoms with E-state index in [0.29, 0.717) is 11.5 Å². The first-order valence-electron chi connectivity index (χ1n) is 9.64. The van der Waals surface area contributed by atoms with Gasteiger partial charge in [-0.3, -0.25) is 29.4 Å². The van der Waals surface area contributed by atoms with Crippen LogP contribution in [0.1, 0.15) is 50.9 Å². The average Bonchev–Trinajstić information content (AvgIpc) is 3.23. The smallest absolute Gasteiger partial charge is 0.315 e. The number of imide groups is 2. The van der Waals surface area contributed by atoms with Gasteiger partial charge in [-0.15, -0.1) is 5.10 Å². The summed E-state index contributed by atoms with van der Waals surface area (Å²) in [5.74, 6) is -1.38. The number of nitrogens with one attached hydrogen (secondary N) is 3. The Morgan fingerprint density at radius 3 is 2.70 bits per heavy atom. The van der Waals surface area contributed by atoms with E-state index in [0.717, 1.165) is 18.0 Å². The number of hydrogen-bond acceptors (Lipinski definition) is 9. The molecule has 1 aromatic carbocycles. The molecule has 0 spiro atoms. The second-order valence-corrected chi connectivity index (χ2v) is 7.44. The summed E-state index contributed by atoms with van der Waals surface area (Å²) in [7, 11) is 0. The fraction of sp³-hybridized carbons (Fsp3) is 0.368. The number of benzene rings is 1. The molecule has 30 heavy (non-hydrogen) atoms. The summed E-state index contributed by atoms with van der Waals surface area (Å²) < 4.78 is 5.60. The van der Waals surface area contributed by atoms with E-state index >= 15 is 0 Å². The summed E-state index contributed by atoms with van der Waals surface area (Å²) in [5.41, 5.74) is 1.05. The van der Waals surface area contributed by atoms with Gasteiger partial charge in [-0.2, -0.15) is 0 Å². The molecule has 5 rings (SSSR count). The molecule has 1 unspecified atom stereocenters. The Kier molecular flexibility index (Phi) is 4.31. The summed E-state index contributed by atoms with van der Waals surface area (Å²) in [6.45, 7) is 1.77. The van der Waals surface area contributed by atoms with Gasteiger partial charge in [0, 0.05) is 26.1 Å². The first kappa shape index (κ1) is 18.4. The van der Waals surface area contributed by atoms with Crippen LogP contribution in [0.25, 0.3) is 0 Å². The highest BCUT2D eigenvalue weighted by molar-refractivity contribution is 6.24. The van der Waals surface area contributed by atoms with Crippen LogP contribution in [-0.4, -0.2) is 57.9 Å². The molecule has 11 heteroatoms. The van der Waals surface area contributed by atoms with E-state index in [1.165, 1.54) is 0 Å². The zero-order chi connectivity index (χ0) is 20.8. The largest absolute Gasteiger partial charge is 0.408 e. The number of piperidine rings is 1. The first-order chi connectivity index (χ1) is 14.5. The molecule has 4 amide bonds. The van der Waals surface area contributed by atoms with Crippen molar-refractivity contribution in [1.29, 1.82) is 0 Å². The fourth-order valence-corrected chi connectivity index (χ4v) is 3.84. The van der Waals surface area contributed by atoms with Crippen molar-refractivity contribution in [3.63, 3.8) is 0 Å². The van der Waals surface area contributed by atoms with E-state index in [2.05, 4.69) is 26.1 Å². The third-order valence-corrected chi connectivity index (χ3v) is 5.56. The molecule has 3 aliphatic heterocycles. The maximum absolute atomic E-state index is 13.1. The minimum atomic E-state index is -0.995. The standard InChI is InChI=1S/C19H18N6O5/c26-13-5-4-12(15(27)22-13)25-17(28)11-3-1-2-9(14(11)18(25)29)8-21-19-24-23-16(30-19)10-6-20-7-10/h1-3,10,12,20H,4-8H2,(H,21,24)(H,22,26,27). The van der Waals surface area contributed by atoms with Crippen molar-refractivity contribution in [2.75, 3.05) is 18.4 Å². The Balaban J connectivity index is 1.36. The first-order valence-corrected chi connectivity index (χ1v) is 9.64. The number of aromatic nitrogens is 2. The maximum atomic E-state index is 13.1. The summed E-state index contributed by atoms with van der Waals surface area (Å²) in [4.78, 5) is 50.5. The van der Waals surface area contributed by atoms with Gasteiger partial charge < -0.3 is 15.1 Å². The predicted octanol–water partition coefficient (Wildman–Crippen LogP) is -0.230. The molecule has 3 N–H and O–H groups in total. The number of fused-ring (bicyclic) bond motifs is 1. The van der Waals surface area contributed by atoms with E-state index in [-0.39, 0.29) is 42.4 Å². The second-order valence-electron chi connectivity index (χ2n) is 7.44. The molecule has 4 heterocycles. The quantitative estimate of drug-likeness (QED) is 0.569. The number of carbonyl (C=O) groups is 4. The lowest BCUT2D eigenvalue weighted by Crippen LogP contribution is -2.54. The number of rotatable bonds is 5. The van der Waals surface area contributed by atoms with Crippen molar-refractivity contribution in [2.24, 2.45) is 0 Å². The summed E-state index contributed by atoms with van der Waals surface area (Å²) in [6.07, 6.45) is 0.193. The zero-order valence-electron chi connectivity index (χ0n) is 15.8. The number of nitrogens with zero attached hydrogens (tertiary/aromatic N) is 3. The predicted molar refractivity (Wildman–Crippen MR) is 100 cm³/mol. The Labute approximate surface area is 170 Å². The number of amides is 4. The molecule has 0 bridgehead atoms. The van der Waals surface area contributed by atoms with E-state index < -0.39 is 29.7 Å². The van der Waals surface area contributed by atoms with Crippen LogP contribution < -0.4 is 16.0 Å². The Morgan fingerprint density at radius 2 is 1.97 bits per heavy atom. The van der Waals surface area contributed by atoms with Crippen LogP contribution in [0.4, 0.5) is 6.01 Å². The van der Waals surface area contributed by atoms with Gasteiger partial charge >= 0.3 is 6.01 Å². The maximum Gasteiger partial charge on any atom is 0.315 e. The molecular formula is C19H18N6O5. The molecule has 0 saturated carbocycles. The fourth-order valence-electron chi connectivity index (χ4n) is 3.84. The van der Waals surface area contributed by atoms with E-state index in [1.54, 1.807) is 18.2 Å². The molecule has 1 aromatic heterocycles. The summed E-state index contributed by atoms with van der Waals surface area (Å²) in [6, 6.07) is 4.19. The van der Waals surface area contributed by atoms with Crippen molar-refractivity contribution in [2.45, 2.75) is 31.3 Å². The van der Waals surface area contributed by atoms with Crippen molar-refractivity contribution in [1.82, 2.24) is 25.7 Å². The van der Waals surface area contributed by atoms with Crippen LogP contribution in [0.3, 0.4) is 0 Å². The lowest BCUT2D eigenvalue weighted by atomic mass is 10.0. The number of carbonyl (C=O) groups excluding carboxylic acids is 4. The van der Waals surface area contributed by atoms with Gasteiger partial charge in [-0.25, -0.2) is 0 Å². The SMILES string of the molecule is O=C1CCC(N2C(=O)c3cccc(CNc4nnc(C5CNC5)o4)c3C2=O)C(=O)N1. The topological polar surface area (TPSA) is 147 Å². The minimum absolute atomic E-state index is 0.0776. The number of hydrogen-bond donors (Lipinski definition) is 3. The van der Waals surface area contributed by atoms with E-state index in [1.807, 2.05) is 0 Å². The van der Waals surface area contributed by atoms with Crippen molar-refractivity contribution in [3.8, 4) is 0 Å². The van der Waals surface area contributed by atoms with Gasteiger partial charge in [0.05, 0.1) is 17.0 Å². The molecular weight excluding hydrogens is 392 g/mol. The normalized spacial score (nSPS) is 21.5. The van der Waals surface area contributed by atoms with Gasteiger partial charge in [0.15, 0.2) is 0 Å².